The molecule has 0 aliphatic rings. The van der Waals surface area contributed by atoms with E-state index in [1.807, 2.05) is 0 Å². The maximum Gasteiger partial charge on any atom is 0.378 e. The first kappa shape index (κ1) is 14.8. The van der Waals surface area contributed by atoms with E-state index in [2.05, 4.69) is 10.1 Å². The minimum atomic E-state index is -0.549. The molecule has 1 aromatic carbocycles. The van der Waals surface area contributed by atoms with Crippen molar-refractivity contribution >= 4 is 5.97 Å². The molecular weight excluding hydrogens is 274 g/mol. The molecule has 1 heterocycles. The van der Waals surface area contributed by atoms with Crippen molar-refractivity contribution in [3.63, 3.8) is 0 Å². The molecule has 7 heteroatoms. The molecule has 0 fully saturated rings. The number of hydrogen-bond acceptors (Lipinski definition) is 6. The summed E-state index contributed by atoms with van der Waals surface area (Å²) in [4.78, 5) is 15.9. The second-order valence-electron chi connectivity index (χ2n) is 4.17. The molecule has 2 aromatic rings. The van der Waals surface area contributed by atoms with Gasteiger partial charge in [-0.3, -0.25) is 0 Å². The van der Waals surface area contributed by atoms with Crippen LogP contribution < -0.4 is 9.47 Å². The highest BCUT2D eigenvalue weighted by atomic mass is 16.5. The Morgan fingerprint density at radius 3 is 2.67 bits per heavy atom. The molecule has 21 heavy (non-hydrogen) atoms. The molecule has 0 saturated heterocycles. The van der Waals surface area contributed by atoms with Crippen LogP contribution >= 0.6 is 0 Å². The van der Waals surface area contributed by atoms with Crippen LogP contribution in [0, 0.1) is 0 Å². The lowest BCUT2D eigenvalue weighted by molar-refractivity contribution is 0.0512. The smallest absolute Gasteiger partial charge is 0.378 e. The quantitative estimate of drug-likeness (QED) is 0.780. The monoisotopic (exact) mass is 291 g/mol. The van der Waals surface area contributed by atoms with Crippen LogP contribution in [-0.2, 0) is 11.8 Å². The Kier molecular flexibility index (Phi) is 4.42. The third kappa shape index (κ3) is 2.96. The maximum atomic E-state index is 11.7. The Hall–Kier alpha value is -2.57. The largest absolute Gasteiger partial charge is 0.497 e. The van der Waals surface area contributed by atoms with Gasteiger partial charge in [-0.1, -0.05) is 0 Å². The van der Waals surface area contributed by atoms with E-state index in [1.54, 1.807) is 46.4 Å². The van der Waals surface area contributed by atoms with Crippen LogP contribution in [0.2, 0.25) is 0 Å². The number of aryl methyl sites for hydroxylation is 1. The van der Waals surface area contributed by atoms with Crippen molar-refractivity contribution in [3.8, 4) is 22.9 Å². The lowest BCUT2D eigenvalue weighted by Gasteiger charge is -2.09. The van der Waals surface area contributed by atoms with Crippen LogP contribution in [0.1, 0.15) is 17.5 Å². The van der Waals surface area contributed by atoms with E-state index in [1.165, 1.54) is 4.68 Å². The van der Waals surface area contributed by atoms with Gasteiger partial charge < -0.3 is 14.2 Å². The number of benzene rings is 1. The Bertz CT molecular complexity index is 652. The molecule has 0 saturated carbocycles. The van der Waals surface area contributed by atoms with Crippen molar-refractivity contribution in [1.29, 1.82) is 0 Å². The van der Waals surface area contributed by atoms with Crippen LogP contribution in [0.4, 0.5) is 0 Å². The molecule has 2 rings (SSSR count). The molecule has 0 aliphatic heterocycles. The minimum absolute atomic E-state index is 0.0206. The Morgan fingerprint density at radius 1 is 1.29 bits per heavy atom. The third-order valence-corrected chi connectivity index (χ3v) is 2.87. The summed E-state index contributed by atoms with van der Waals surface area (Å²) < 4.78 is 16.9. The van der Waals surface area contributed by atoms with Crippen LogP contribution in [0.5, 0.6) is 11.5 Å². The summed E-state index contributed by atoms with van der Waals surface area (Å²) in [6, 6.07) is 5.33. The fraction of sp³-hybridized carbons (Fsp3) is 0.357. The SMILES string of the molecule is CCOC(=O)c1nc(-c2ccc(OC)cc2OC)n(C)n1. The van der Waals surface area contributed by atoms with Gasteiger partial charge in [-0.15, -0.1) is 5.10 Å². The fourth-order valence-electron chi connectivity index (χ4n) is 1.88. The fourth-order valence-corrected chi connectivity index (χ4v) is 1.88. The van der Waals surface area contributed by atoms with Gasteiger partial charge in [0, 0.05) is 13.1 Å². The summed E-state index contributed by atoms with van der Waals surface area (Å²) in [6.45, 7) is 2.01. The Morgan fingerprint density at radius 2 is 2.05 bits per heavy atom. The first-order chi connectivity index (χ1) is 10.1. The van der Waals surface area contributed by atoms with E-state index in [9.17, 15) is 4.79 Å². The first-order valence-electron chi connectivity index (χ1n) is 6.41. The van der Waals surface area contributed by atoms with Gasteiger partial charge in [-0.05, 0) is 19.1 Å². The number of aromatic nitrogens is 3. The predicted molar refractivity (Wildman–Crippen MR) is 75.5 cm³/mol. The summed E-state index contributed by atoms with van der Waals surface area (Å²) in [7, 11) is 4.84. The van der Waals surface area contributed by atoms with E-state index in [0.29, 0.717) is 22.9 Å². The van der Waals surface area contributed by atoms with E-state index >= 15 is 0 Å². The molecule has 1 aromatic heterocycles. The molecule has 0 spiro atoms. The van der Waals surface area contributed by atoms with Crippen molar-refractivity contribution in [2.75, 3.05) is 20.8 Å². The standard InChI is InChI=1S/C14H17N3O4/c1-5-21-14(18)12-15-13(17(2)16-12)10-7-6-9(19-3)8-11(10)20-4/h6-8H,5H2,1-4H3. The van der Waals surface area contributed by atoms with Crippen molar-refractivity contribution in [3.05, 3.63) is 24.0 Å². The minimum Gasteiger partial charge on any atom is -0.497 e. The van der Waals surface area contributed by atoms with Gasteiger partial charge in [0.25, 0.3) is 5.82 Å². The van der Waals surface area contributed by atoms with Crippen molar-refractivity contribution < 1.29 is 19.0 Å². The average Bonchev–Trinajstić information content (AvgIpc) is 2.88. The van der Waals surface area contributed by atoms with E-state index in [-0.39, 0.29) is 12.4 Å². The lowest BCUT2D eigenvalue weighted by Crippen LogP contribution is -2.07. The van der Waals surface area contributed by atoms with Gasteiger partial charge in [0.2, 0.25) is 0 Å². The number of rotatable bonds is 5. The van der Waals surface area contributed by atoms with Crippen LogP contribution in [0.25, 0.3) is 11.4 Å². The first-order valence-corrected chi connectivity index (χ1v) is 6.41. The van der Waals surface area contributed by atoms with Gasteiger partial charge in [0.15, 0.2) is 5.82 Å². The summed E-state index contributed by atoms with van der Waals surface area (Å²) >= 11 is 0. The topological polar surface area (TPSA) is 75.5 Å². The van der Waals surface area contributed by atoms with E-state index < -0.39 is 5.97 Å². The van der Waals surface area contributed by atoms with Gasteiger partial charge in [0.05, 0.1) is 26.4 Å². The summed E-state index contributed by atoms with van der Waals surface area (Å²) in [5, 5.41) is 4.07. The number of methoxy groups -OCH3 is 2. The van der Waals surface area contributed by atoms with E-state index in [0.717, 1.165) is 0 Å². The maximum absolute atomic E-state index is 11.7. The van der Waals surface area contributed by atoms with Gasteiger partial charge in [-0.2, -0.15) is 0 Å². The van der Waals surface area contributed by atoms with Gasteiger partial charge in [0.1, 0.15) is 11.5 Å². The molecule has 0 radical (unpaired) electrons. The van der Waals surface area contributed by atoms with Gasteiger partial charge >= 0.3 is 5.97 Å². The highest BCUT2D eigenvalue weighted by molar-refractivity contribution is 5.86. The zero-order valence-electron chi connectivity index (χ0n) is 12.4. The molecule has 0 atom stereocenters. The molecule has 0 bridgehead atoms. The Labute approximate surface area is 122 Å². The molecule has 7 nitrogen and oxygen atoms in total. The molecule has 0 N–H and O–H groups in total. The molecular formula is C14H17N3O4. The van der Waals surface area contributed by atoms with Crippen LogP contribution in [-0.4, -0.2) is 41.6 Å². The van der Waals surface area contributed by atoms with E-state index in [4.69, 9.17) is 14.2 Å². The van der Waals surface area contributed by atoms with Crippen LogP contribution in [0.3, 0.4) is 0 Å². The van der Waals surface area contributed by atoms with Crippen LogP contribution in [0.15, 0.2) is 18.2 Å². The normalized spacial score (nSPS) is 10.3. The molecule has 0 amide bonds. The predicted octanol–water partition coefficient (Wildman–Crippen LogP) is 1.68. The lowest BCUT2D eigenvalue weighted by atomic mass is 10.2. The number of esters is 1. The number of hydrogen-bond donors (Lipinski definition) is 0. The number of carbonyl (C=O) groups is 1. The van der Waals surface area contributed by atoms with Gasteiger partial charge in [-0.25, -0.2) is 14.5 Å². The molecule has 0 aliphatic carbocycles. The molecule has 112 valence electrons. The Balaban J connectivity index is 2.45. The molecule has 0 unspecified atom stereocenters. The zero-order valence-corrected chi connectivity index (χ0v) is 12.4. The number of nitrogens with zero attached hydrogens (tertiary/aromatic N) is 3. The van der Waals surface area contributed by atoms with Crippen molar-refractivity contribution in [2.24, 2.45) is 7.05 Å². The third-order valence-electron chi connectivity index (χ3n) is 2.87. The highest BCUT2D eigenvalue weighted by Gasteiger charge is 2.19. The second-order valence-corrected chi connectivity index (χ2v) is 4.17. The van der Waals surface area contributed by atoms with Crippen molar-refractivity contribution in [2.45, 2.75) is 6.92 Å². The van der Waals surface area contributed by atoms with Crippen molar-refractivity contribution in [1.82, 2.24) is 14.8 Å². The zero-order chi connectivity index (χ0) is 15.4. The summed E-state index contributed by atoms with van der Waals surface area (Å²) in [6.07, 6.45) is 0. The number of ether oxygens (including phenoxy) is 3. The number of carbonyl (C=O) groups excluding carboxylic acids is 1. The highest BCUT2D eigenvalue weighted by Crippen LogP contribution is 2.32. The summed E-state index contributed by atoms with van der Waals surface area (Å²) in [5.74, 6) is 1.24. The second kappa shape index (κ2) is 6.25. The average molecular weight is 291 g/mol. The summed E-state index contributed by atoms with van der Waals surface area (Å²) in [5.41, 5.74) is 0.712.